The van der Waals surface area contributed by atoms with Crippen molar-refractivity contribution in [1.82, 2.24) is 5.32 Å². The Morgan fingerprint density at radius 1 is 1.25 bits per heavy atom. The number of nitrogens with one attached hydrogen (secondary N) is 1. The molecule has 5 atom stereocenters. The zero-order valence-electron chi connectivity index (χ0n) is 12.6. The molecule has 114 valence electrons. The summed E-state index contributed by atoms with van der Waals surface area (Å²) in [6.07, 6.45) is 6.97. The number of carbonyl (C=O) groups is 2. The number of carboxylic acids is 1. The van der Waals surface area contributed by atoms with Crippen LogP contribution >= 0.6 is 0 Å². The summed E-state index contributed by atoms with van der Waals surface area (Å²) in [5, 5.41) is 12.5. The Balaban J connectivity index is 1.97. The summed E-state index contributed by atoms with van der Waals surface area (Å²) in [7, 11) is 0. The standard InChI is InChI=1S/C16H27NO3/c1-3-5-6-10(4-2)15(18)17-14-12-8-7-11(9-12)13(14)16(19)20/h10-14H,3-9H2,1-2H3,(H,17,18)(H,19,20). The van der Waals surface area contributed by atoms with Crippen LogP contribution in [0.15, 0.2) is 0 Å². The maximum Gasteiger partial charge on any atom is 0.308 e. The van der Waals surface area contributed by atoms with Crippen LogP contribution in [0.5, 0.6) is 0 Å². The average molecular weight is 281 g/mol. The number of rotatable bonds is 7. The van der Waals surface area contributed by atoms with Crippen molar-refractivity contribution in [2.45, 2.75) is 64.8 Å². The van der Waals surface area contributed by atoms with E-state index in [9.17, 15) is 14.7 Å². The summed E-state index contributed by atoms with van der Waals surface area (Å²) >= 11 is 0. The molecule has 0 aromatic rings. The van der Waals surface area contributed by atoms with Gasteiger partial charge in [0, 0.05) is 12.0 Å². The highest BCUT2D eigenvalue weighted by Crippen LogP contribution is 2.48. The third kappa shape index (κ3) is 2.99. The Kier molecular flexibility index (Phi) is 5.06. The molecule has 0 aromatic carbocycles. The van der Waals surface area contributed by atoms with Gasteiger partial charge in [-0.2, -0.15) is 0 Å². The Hall–Kier alpha value is -1.06. The number of unbranched alkanes of at least 4 members (excludes halogenated alkanes) is 1. The number of fused-ring (bicyclic) bond motifs is 2. The Bertz CT molecular complexity index is 369. The third-order valence-corrected chi connectivity index (χ3v) is 5.28. The van der Waals surface area contributed by atoms with Crippen LogP contribution in [0.4, 0.5) is 0 Å². The van der Waals surface area contributed by atoms with Gasteiger partial charge in [-0.1, -0.05) is 26.7 Å². The van der Waals surface area contributed by atoms with Crippen LogP contribution < -0.4 is 5.32 Å². The van der Waals surface area contributed by atoms with Gasteiger partial charge in [-0.3, -0.25) is 9.59 Å². The van der Waals surface area contributed by atoms with Crippen LogP contribution in [-0.4, -0.2) is 23.0 Å². The smallest absolute Gasteiger partial charge is 0.308 e. The molecule has 2 saturated carbocycles. The van der Waals surface area contributed by atoms with Gasteiger partial charge in [0.05, 0.1) is 5.92 Å². The summed E-state index contributed by atoms with van der Waals surface area (Å²) < 4.78 is 0. The molecule has 0 radical (unpaired) electrons. The van der Waals surface area contributed by atoms with Crippen LogP contribution in [-0.2, 0) is 9.59 Å². The molecule has 2 N–H and O–H groups in total. The van der Waals surface area contributed by atoms with E-state index in [2.05, 4.69) is 12.2 Å². The number of carbonyl (C=O) groups excluding carboxylic acids is 1. The first-order valence-electron chi connectivity index (χ1n) is 8.11. The lowest BCUT2D eigenvalue weighted by atomic mass is 9.84. The zero-order chi connectivity index (χ0) is 14.7. The number of carboxylic acid groups (broad SMARTS) is 1. The molecule has 2 fully saturated rings. The minimum absolute atomic E-state index is 0.0449. The number of hydrogen-bond donors (Lipinski definition) is 2. The van der Waals surface area contributed by atoms with Crippen molar-refractivity contribution >= 4 is 11.9 Å². The van der Waals surface area contributed by atoms with E-state index in [1.807, 2.05) is 6.92 Å². The molecular formula is C16H27NO3. The second-order valence-corrected chi connectivity index (χ2v) is 6.48. The lowest BCUT2D eigenvalue weighted by molar-refractivity contribution is -0.145. The Morgan fingerprint density at radius 3 is 2.55 bits per heavy atom. The highest BCUT2D eigenvalue weighted by atomic mass is 16.4. The van der Waals surface area contributed by atoms with Gasteiger partial charge < -0.3 is 10.4 Å². The van der Waals surface area contributed by atoms with Crippen molar-refractivity contribution < 1.29 is 14.7 Å². The van der Waals surface area contributed by atoms with Gasteiger partial charge in [-0.25, -0.2) is 0 Å². The van der Waals surface area contributed by atoms with E-state index in [0.717, 1.165) is 44.9 Å². The molecule has 2 aliphatic rings. The van der Waals surface area contributed by atoms with E-state index >= 15 is 0 Å². The molecular weight excluding hydrogens is 254 g/mol. The maximum atomic E-state index is 12.4. The fraction of sp³-hybridized carbons (Fsp3) is 0.875. The molecule has 20 heavy (non-hydrogen) atoms. The zero-order valence-corrected chi connectivity index (χ0v) is 12.6. The fourth-order valence-electron chi connectivity index (χ4n) is 4.11. The quantitative estimate of drug-likeness (QED) is 0.754. The molecule has 2 aliphatic carbocycles. The maximum absolute atomic E-state index is 12.4. The van der Waals surface area contributed by atoms with Gasteiger partial charge in [0.1, 0.15) is 0 Å². The summed E-state index contributed by atoms with van der Waals surface area (Å²) in [6, 6.07) is -0.130. The number of amides is 1. The van der Waals surface area contributed by atoms with Crippen LogP contribution in [0.25, 0.3) is 0 Å². The normalized spacial score (nSPS) is 33.1. The summed E-state index contributed by atoms with van der Waals surface area (Å²) in [5.74, 6) is -0.314. The number of aliphatic carboxylic acids is 1. The van der Waals surface area contributed by atoms with Crippen molar-refractivity contribution in [3.63, 3.8) is 0 Å². The van der Waals surface area contributed by atoms with E-state index in [1.165, 1.54) is 0 Å². The van der Waals surface area contributed by atoms with Crippen molar-refractivity contribution in [1.29, 1.82) is 0 Å². The highest BCUT2D eigenvalue weighted by molar-refractivity contribution is 5.80. The lowest BCUT2D eigenvalue weighted by Gasteiger charge is -2.30. The first-order chi connectivity index (χ1) is 9.58. The molecule has 0 aromatic heterocycles. The molecule has 0 spiro atoms. The Labute approximate surface area is 121 Å². The molecule has 0 heterocycles. The second kappa shape index (κ2) is 6.59. The topological polar surface area (TPSA) is 66.4 Å². The molecule has 0 saturated heterocycles. The minimum atomic E-state index is -0.732. The second-order valence-electron chi connectivity index (χ2n) is 6.48. The van der Waals surface area contributed by atoms with E-state index in [4.69, 9.17) is 0 Å². The first kappa shape index (κ1) is 15.3. The van der Waals surface area contributed by atoms with Gasteiger partial charge in [0.2, 0.25) is 5.91 Å². The predicted molar refractivity (Wildman–Crippen MR) is 77.2 cm³/mol. The molecule has 4 heteroatoms. The fourth-order valence-corrected chi connectivity index (χ4v) is 4.11. The monoisotopic (exact) mass is 281 g/mol. The molecule has 2 rings (SSSR count). The van der Waals surface area contributed by atoms with Crippen molar-refractivity contribution in [2.75, 3.05) is 0 Å². The lowest BCUT2D eigenvalue weighted by Crippen LogP contribution is -2.48. The molecule has 0 aliphatic heterocycles. The van der Waals surface area contributed by atoms with E-state index in [0.29, 0.717) is 5.92 Å². The summed E-state index contributed by atoms with van der Waals surface area (Å²) in [5.41, 5.74) is 0. The SMILES string of the molecule is CCCCC(CC)C(=O)NC1C2CCC(C2)C1C(=O)O. The van der Waals surface area contributed by atoms with Gasteiger partial charge >= 0.3 is 5.97 Å². The van der Waals surface area contributed by atoms with E-state index in [1.54, 1.807) is 0 Å². The van der Waals surface area contributed by atoms with E-state index < -0.39 is 5.97 Å². The largest absolute Gasteiger partial charge is 0.481 e. The minimum Gasteiger partial charge on any atom is -0.481 e. The molecule has 1 amide bonds. The molecule has 5 unspecified atom stereocenters. The summed E-state index contributed by atoms with van der Waals surface area (Å²) in [6.45, 7) is 4.16. The molecule has 2 bridgehead atoms. The van der Waals surface area contributed by atoms with Crippen LogP contribution in [0.1, 0.15) is 58.8 Å². The number of hydrogen-bond acceptors (Lipinski definition) is 2. The van der Waals surface area contributed by atoms with Gasteiger partial charge in [-0.05, 0) is 43.9 Å². The van der Waals surface area contributed by atoms with Crippen LogP contribution in [0, 0.1) is 23.7 Å². The third-order valence-electron chi connectivity index (χ3n) is 5.28. The average Bonchev–Trinajstić information content (AvgIpc) is 3.00. The van der Waals surface area contributed by atoms with Crippen molar-refractivity contribution in [3.05, 3.63) is 0 Å². The van der Waals surface area contributed by atoms with Crippen LogP contribution in [0.3, 0.4) is 0 Å². The first-order valence-corrected chi connectivity index (χ1v) is 8.11. The van der Waals surface area contributed by atoms with Crippen LogP contribution in [0.2, 0.25) is 0 Å². The highest BCUT2D eigenvalue weighted by Gasteiger charge is 2.51. The van der Waals surface area contributed by atoms with Crippen molar-refractivity contribution in [3.8, 4) is 0 Å². The van der Waals surface area contributed by atoms with Gasteiger partial charge in [0.25, 0.3) is 0 Å². The predicted octanol–water partition coefficient (Wildman–Crippen LogP) is 2.82. The van der Waals surface area contributed by atoms with Gasteiger partial charge in [0.15, 0.2) is 0 Å². The van der Waals surface area contributed by atoms with Gasteiger partial charge in [-0.15, -0.1) is 0 Å². The van der Waals surface area contributed by atoms with E-state index in [-0.39, 0.29) is 29.7 Å². The van der Waals surface area contributed by atoms with Crippen molar-refractivity contribution in [2.24, 2.45) is 23.7 Å². The summed E-state index contributed by atoms with van der Waals surface area (Å²) in [4.78, 5) is 23.8. The Morgan fingerprint density at radius 2 is 1.95 bits per heavy atom. The molecule has 4 nitrogen and oxygen atoms in total.